The SMILES string of the molecule is CO[C@H]1CCCN(C(=O)c2ccc(C)c(NC(=O)c3ccco3)c2)C1. The Labute approximate surface area is 146 Å². The Morgan fingerprint density at radius 3 is 2.88 bits per heavy atom. The minimum Gasteiger partial charge on any atom is -0.459 e. The van der Waals surface area contributed by atoms with Gasteiger partial charge in [-0.05, 0) is 49.6 Å². The van der Waals surface area contributed by atoms with Gasteiger partial charge >= 0.3 is 0 Å². The number of furan rings is 1. The molecular formula is C19H22N2O4. The van der Waals surface area contributed by atoms with Crippen LogP contribution in [0.5, 0.6) is 0 Å². The standard InChI is InChI=1S/C19H22N2O4/c1-13-7-8-14(19(23)21-9-3-5-15(12-21)24-2)11-16(13)20-18(22)17-6-4-10-25-17/h4,6-8,10-11,15H,3,5,9,12H2,1-2H3,(H,20,22)/t15-/m0/s1. The number of benzene rings is 1. The topological polar surface area (TPSA) is 71.8 Å². The summed E-state index contributed by atoms with van der Waals surface area (Å²) in [6.07, 6.45) is 3.43. The van der Waals surface area contributed by atoms with Crippen LogP contribution in [0.15, 0.2) is 41.0 Å². The second-order valence-corrected chi connectivity index (χ2v) is 6.21. The van der Waals surface area contributed by atoms with Gasteiger partial charge in [0, 0.05) is 31.5 Å². The number of carbonyl (C=O) groups is 2. The van der Waals surface area contributed by atoms with E-state index < -0.39 is 0 Å². The molecule has 0 aliphatic carbocycles. The summed E-state index contributed by atoms with van der Waals surface area (Å²) in [7, 11) is 1.67. The number of nitrogens with one attached hydrogen (secondary N) is 1. The van der Waals surface area contributed by atoms with E-state index >= 15 is 0 Å². The van der Waals surface area contributed by atoms with Crippen LogP contribution in [0.3, 0.4) is 0 Å². The van der Waals surface area contributed by atoms with E-state index in [2.05, 4.69) is 5.32 Å². The molecule has 0 saturated carbocycles. The molecule has 2 heterocycles. The van der Waals surface area contributed by atoms with E-state index in [1.54, 1.807) is 36.3 Å². The van der Waals surface area contributed by atoms with Gasteiger partial charge in [-0.15, -0.1) is 0 Å². The zero-order valence-corrected chi connectivity index (χ0v) is 14.5. The van der Waals surface area contributed by atoms with Crippen LogP contribution in [-0.4, -0.2) is 43.0 Å². The predicted molar refractivity (Wildman–Crippen MR) is 93.8 cm³/mol. The van der Waals surface area contributed by atoms with Gasteiger partial charge in [-0.3, -0.25) is 9.59 Å². The highest BCUT2D eigenvalue weighted by Crippen LogP contribution is 2.21. The molecule has 0 spiro atoms. The molecule has 1 saturated heterocycles. The highest BCUT2D eigenvalue weighted by Gasteiger charge is 2.24. The fraction of sp³-hybridized carbons (Fsp3) is 0.368. The average Bonchev–Trinajstić information content (AvgIpc) is 3.18. The number of likely N-dealkylation sites (tertiary alicyclic amines) is 1. The molecule has 0 unspecified atom stereocenters. The third-order valence-corrected chi connectivity index (χ3v) is 4.48. The summed E-state index contributed by atoms with van der Waals surface area (Å²) in [5.74, 6) is -0.152. The number of aryl methyl sites for hydroxylation is 1. The number of amides is 2. The van der Waals surface area contributed by atoms with Crippen LogP contribution in [0.4, 0.5) is 5.69 Å². The molecule has 1 N–H and O–H groups in total. The van der Waals surface area contributed by atoms with Crippen molar-refractivity contribution in [3.8, 4) is 0 Å². The molecule has 25 heavy (non-hydrogen) atoms. The predicted octanol–water partition coefficient (Wildman–Crippen LogP) is 3.09. The summed E-state index contributed by atoms with van der Waals surface area (Å²) in [5.41, 5.74) is 2.04. The molecule has 1 atom stereocenters. The van der Waals surface area contributed by atoms with Crippen molar-refractivity contribution in [1.82, 2.24) is 4.90 Å². The summed E-state index contributed by atoms with van der Waals surface area (Å²) in [6, 6.07) is 8.59. The first-order valence-electron chi connectivity index (χ1n) is 8.36. The van der Waals surface area contributed by atoms with Gasteiger partial charge in [-0.2, -0.15) is 0 Å². The van der Waals surface area contributed by atoms with Gasteiger partial charge < -0.3 is 19.4 Å². The fourth-order valence-corrected chi connectivity index (χ4v) is 2.98. The van der Waals surface area contributed by atoms with Crippen LogP contribution < -0.4 is 5.32 Å². The monoisotopic (exact) mass is 342 g/mol. The van der Waals surface area contributed by atoms with Gasteiger partial charge in [-0.1, -0.05) is 6.07 Å². The number of rotatable bonds is 4. The molecule has 2 amide bonds. The zero-order valence-electron chi connectivity index (χ0n) is 14.5. The van der Waals surface area contributed by atoms with Crippen molar-refractivity contribution in [3.05, 3.63) is 53.5 Å². The van der Waals surface area contributed by atoms with Crippen LogP contribution in [0.1, 0.15) is 39.3 Å². The lowest BCUT2D eigenvalue weighted by atomic mass is 10.0. The summed E-state index contributed by atoms with van der Waals surface area (Å²) < 4.78 is 10.5. The lowest BCUT2D eigenvalue weighted by Crippen LogP contribution is -2.42. The quantitative estimate of drug-likeness (QED) is 0.927. The smallest absolute Gasteiger partial charge is 0.291 e. The van der Waals surface area contributed by atoms with Crippen molar-refractivity contribution in [2.24, 2.45) is 0 Å². The Bertz CT molecular complexity index is 755. The first-order chi connectivity index (χ1) is 12.1. The molecule has 1 aromatic carbocycles. The molecule has 0 bridgehead atoms. The van der Waals surface area contributed by atoms with Crippen LogP contribution in [0, 0.1) is 6.92 Å². The van der Waals surface area contributed by atoms with E-state index in [0.717, 1.165) is 24.9 Å². The molecule has 3 rings (SSSR count). The van der Waals surface area contributed by atoms with Crippen LogP contribution >= 0.6 is 0 Å². The van der Waals surface area contributed by atoms with Gasteiger partial charge in [-0.25, -0.2) is 0 Å². The zero-order chi connectivity index (χ0) is 17.8. The second-order valence-electron chi connectivity index (χ2n) is 6.21. The van der Waals surface area contributed by atoms with E-state index in [1.165, 1.54) is 6.26 Å². The van der Waals surface area contributed by atoms with E-state index in [1.807, 2.05) is 13.0 Å². The maximum absolute atomic E-state index is 12.8. The number of ether oxygens (including phenoxy) is 1. The van der Waals surface area contributed by atoms with Crippen molar-refractivity contribution in [3.63, 3.8) is 0 Å². The minimum absolute atomic E-state index is 0.0461. The Balaban J connectivity index is 1.76. The summed E-state index contributed by atoms with van der Waals surface area (Å²) in [4.78, 5) is 26.8. The molecule has 0 radical (unpaired) electrons. The van der Waals surface area contributed by atoms with Crippen molar-refractivity contribution in [1.29, 1.82) is 0 Å². The van der Waals surface area contributed by atoms with Gasteiger partial charge in [0.2, 0.25) is 0 Å². The maximum atomic E-state index is 12.8. The van der Waals surface area contributed by atoms with Crippen LogP contribution in [0.25, 0.3) is 0 Å². The molecule has 2 aromatic rings. The third kappa shape index (κ3) is 3.91. The van der Waals surface area contributed by atoms with E-state index in [4.69, 9.17) is 9.15 Å². The van der Waals surface area contributed by atoms with E-state index in [9.17, 15) is 9.59 Å². The first kappa shape index (κ1) is 17.2. The third-order valence-electron chi connectivity index (χ3n) is 4.48. The number of piperidine rings is 1. The van der Waals surface area contributed by atoms with E-state index in [-0.39, 0.29) is 23.7 Å². The van der Waals surface area contributed by atoms with Crippen molar-refractivity contribution in [2.75, 3.05) is 25.5 Å². The molecule has 1 fully saturated rings. The fourth-order valence-electron chi connectivity index (χ4n) is 2.98. The highest BCUT2D eigenvalue weighted by atomic mass is 16.5. The van der Waals surface area contributed by atoms with Crippen LogP contribution in [-0.2, 0) is 4.74 Å². The Morgan fingerprint density at radius 2 is 2.16 bits per heavy atom. The number of hydrogen-bond donors (Lipinski definition) is 1. The Hall–Kier alpha value is -2.60. The van der Waals surface area contributed by atoms with Crippen LogP contribution in [0.2, 0.25) is 0 Å². The molecular weight excluding hydrogens is 320 g/mol. The molecule has 1 aliphatic rings. The number of carbonyl (C=O) groups excluding carboxylic acids is 2. The normalized spacial score (nSPS) is 17.4. The van der Waals surface area contributed by atoms with Crippen molar-refractivity contribution < 1.29 is 18.7 Å². The number of methoxy groups -OCH3 is 1. The largest absolute Gasteiger partial charge is 0.459 e. The summed E-state index contributed by atoms with van der Waals surface area (Å²) in [5, 5.41) is 2.80. The number of anilines is 1. The van der Waals surface area contributed by atoms with Gasteiger partial charge in [0.1, 0.15) is 0 Å². The number of nitrogens with zero attached hydrogens (tertiary/aromatic N) is 1. The Kier molecular flexibility index (Phi) is 5.19. The molecule has 1 aromatic heterocycles. The lowest BCUT2D eigenvalue weighted by Gasteiger charge is -2.32. The molecule has 132 valence electrons. The molecule has 6 heteroatoms. The van der Waals surface area contributed by atoms with Gasteiger partial charge in [0.05, 0.1) is 12.4 Å². The minimum atomic E-state index is -0.338. The first-order valence-corrected chi connectivity index (χ1v) is 8.36. The molecule has 6 nitrogen and oxygen atoms in total. The highest BCUT2D eigenvalue weighted by molar-refractivity contribution is 6.03. The summed E-state index contributed by atoms with van der Waals surface area (Å²) in [6.45, 7) is 3.20. The van der Waals surface area contributed by atoms with Gasteiger partial charge in [0.25, 0.3) is 11.8 Å². The summed E-state index contributed by atoms with van der Waals surface area (Å²) >= 11 is 0. The maximum Gasteiger partial charge on any atom is 0.291 e. The Morgan fingerprint density at radius 1 is 1.32 bits per heavy atom. The van der Waals surface area contributed by atoms with Crippen molar-refractivity contribution >= 4 is 17.5 Å². The number of hydrogen-bond acceptors (Lipinski definition) is 4. The van der Waals surface area contributed by atoms with Gasteiger partial charge in [0.15, 0.2) is 5.76 Å². The average molecular weight is 342 g/mol. The van der Waals surface area contributed by atoms with Crippen molar-refractivity contribution in [2.45, 2.75) is 25.9 Å². The lowest BCUT2D eigenvalue weighted by molar-refractivity contribution is 0.0269. The molecule has 1 aliphatic heterocycles. The second kappa shape index (κ2) is 7.53. The van der Waals surface area contributed by atoms with E-state index in [0.29, 0.717) is 17.8 Å².